The van der Waals surface area contributed by atoms with E-state index in [0.29, 0.717) is 23.4 Å². The normalized spacial score (nSPS) is 15.4. The molecule has 1 aliphatic heterocycles. The van der Waals surface area contributed by atoms with Crippen LogP contribution in [0.2, 0.25) is 5.02 Å². The Morgan fingerprint density at radius 2 is 2.11 bits per heavy atom. The summed E-state index contributed by atoms with van der Waals surface area (Å²) in [7, 11) is 0. The Labute approximate surface area is 159 Å². The Bertz CT molecular complexity index is 1130. The molecular formula is C20H16ClFN2O3. The molecule has 27 heavy (non-hydrogen) atoms. The van der Waals surface area contributed by atoms with Crippen LogP contribution in [0.1, 0.15) is 22.8 Å². The number of carbonyl (C=O) groups is 1. The molecule has 0 unspecified atom stereocenters. The van der Waals surface area contributed by atoms with E-state index in [1.165, 1.54) is 12.3 Å². The van der Waals surface area contributed by atoms with Gasteiger partial charge in [-0.25, -0.2) is 4.39 Å². The summed E-state index contributed by atoms with van der Waals surface area (Å²) in [4.78, 5) is 25.5. The first-order chi connectivity index (χ1) is 13.0. The van der Waals surface area contributed by atoms with Gasteiger partial charge in [0.05, 0.1) is 22.5 Å². The molecule has 0 bridgehead atoms. The lowest BCUT2D eigenvalue weighted by Gasteiger charge is -2.26. The van der Waals surface area contributed by atoms with Crippen molar-refractivity contribution in [1.29, 1.82) is 0 Å². The Balaban J connectivity index is 1.75. The van der Waals surface area contributed by atoms with Crippen LogP contribution in [0, 0.1) is 5.82 Å². The molecule has 3 aromatic rings. The standard InChI is InChI=1S/C20H16ClFN2O3/c1-11-9-24-10-13(20(26)23-8-12-4-2-3-5-15(12)22)19(25)17-14(21)6-7-16(27-11)18(17)24/h2-7,10-11H,8-9H2,1H3,(H,23,26)/t11-/m1/s1. The van der Waals surface area contributed by atoms with E-state index < -0.39 is 17.2 Å². The predicted octanol–water partition coefficient (Wildman–Crippen LogP) is 3.50. The zero-order valence-electron chi connectivity index (χ0n) is 14.5. The monoisotopic (exact) mass is 386 g/mol. The van der Waals surface area contributed by atoms with Crippen molar-refractivity contribution in [2.24, 2.45) is 0 Å². The van der Waals surface area contributed by atoms with Crippen LogP contribution < -0.4 is 15.5 Å². The Morgan fingerprint density at radius 1 is 1.33 bits per heavy atom. The number of nitrogens with one attached hydrogen (secondary N) is 1. The summed E-state index contributed by atoms with van der Waals surface area (Å²) in [6, 6.07) is 9.46. The van der Waals surface area contributed by atoms with Gasteiger partial charge in [0.2, 0.25) is 5.43 Å². The van der Waals surface area contributed by atoms with Gasteiger partial charge in [0.15, 0.2) is 0 Å². The highest BCUT2D eigenvalue weighted by atomic mass is 35.5. The number of halogens is 2. The third-order valence-corrected chi connectivity index (χ3v) is 4.87. The van der Waals surface area contributed by atoms with Crippen molar-refractivity contribution < 1.29 is 13.9 Å². The van der Waals surface area contributed by atoms with E-state index in [1.807, 2.05) is 11.5 Å². The molecule has 1 atom stereocenters. The van der Waals surface area contributed by atoms with Crippen molar-refractivity contribution in [3.8, 4) is 5.75 Å². The van der Waals surface area contributed by atoms with Crippen LogP contribution in [0.3, 0.4) is 0 Å². The number of hydrogen-bond acceptors (Lipinski definition) is 3. The van der Waals surface area contributed by atoms with Crippen molar-refractivity contribution in [2.45, 2.75) is 26.1 Å². The van der Waals surface area contributed by atoms with Crippen LogP contribution >= 0.6 is 11.6 Å². The third-order valence-electron chi connectivity index (χ3n) is 4.56. The van der Waals surface area contributed by atoms with Gasteiger partial charge in [-0.1, -0.05) is 29.8 Å². The molecular weight excluding hydrogens is 371 g/mol. The molecule has 0 radical (unpaired) electrons. The molecule has 1 aromatic heterocycles. The fourth-order valence-electron chi connectivity index (χ4n) is 3.31. The quantitative estimate of drug-likeness (QED) is 0.749. The van der Waals surface area contributed by atoms with Crippen LogP contribution in [-0.4, -0.2) is 16.6 Å². The first-order valence-corrected chi connectivity index (χ1v) is 8.87. The summed E-state index contributed by atoms with van der Waals surface area (Å²) in [5.41, 5.74) is 0.413. The second kappa shape index (κ2) is 6.70. The molecule has 2 aromatic carbocycles. The minimum Gasteiger partial charge on any atom is -0.487 e. The SMILES string of the molecule is C[C@@H]1Cn2cc(C(=O)NCc3ccccc3F)c(=O)c3c(Cl)ccc(c32)O1. The summed E-state index contributed by atoms with van der Waals surface area (Å²) >= 11 is 6.24. The van der Waals surface area contributed by atoms with E-state index in [9.17, 15) is 14.0 Å². The van der Waals surface area contributed by atoms with Gasteiger partial charge in [0, 0.05) is 18.3 Å². The van der Waals surface area contributed by atoms with Crippen molar-refractivity contribution in [1.82, 2.24) is 9.88 Å². The van der Waals surface area contributed by atoms with Crippen molar-refractivity contribution in [3.63, 3.8) is 0 Å². The first-order valence-electron chi connectivity index (χ1n) is 8.49. The molecule has 2 heterocycles. The van der Waals surface area contributed by atoms with E-state index in [1.54, 1.807) is 30.3 Å². The van der Waals surface area contributed by atoms with E-state index in [-0.39, 0.29) is 28.6 Å². The third kappa shape index (κ3) is 3.06. The Morgan fingerprint density at radius 3 is 2.89 bits per heavy atom. The topological polar surface area (TPSA) is 60.3 Å². The van der Waals surface area contributed by atoms with Crippen molar-refractivity contribution in [2.75, 3.05) is 0 Å². The van der Waals surface area contributed by atoms with Crippen molar-refractivity contribution >= 4 is 28.4 Å². The second-order valence-electron chi connectivity index (χ2n) is 6.50. The number of nitrogens with zero attached hydrogens (tertiary/aromatic N) is 1. The van der Waals surface area contributed by atoms with E-state index in [4.69, 9.17) is 16.3 Å². The average molecular weight is 387 g/mol. The minimum atomic E-state index is -0.575. The van der Waals surface area contributed by atoms with Crippen LogP contribution in [0.15, 0.2) is 47.4 Å². The molecule has 1 aliphatic rings. The first kappa shape index (κ1) is 17.5. The van der Waals surface area contributed by atoms with Gasteiger partial charge in [0.25, 0.3) is 5.91 Å². The fraction of sp³-hybridized carbons (Fsp3) is 0.200. The van der Waals surface area contributed by atoms with Gasteiger partial charge in [-0.3, -0.25) is 9.59 Å². The maximum Gasteiger partial charge on any atom is 0.257 e. The molecule has 0 aliphatic carbocycles. The van der Waals surface area contributed by atoms with Crippen LogP contribution in [-0.2, 0) is 13.1 Å². The molecule has 0 spiro atoms. The summed E-state index contributed by atoms with van der Waals surface area (Å²) in [5, 5.41) is 3.12. The maximum atomic E-state index is 13.7. The van der Waals surface area contributed by atoms with Gasteiger partial charge in [-0.2, -0.15) is 0 Å². The summed E-state index contributed by atoms with van der Waals surface area (Å²) in [6.07, 6.45) is 1.40. The van der Waals surface area contributed by atoms with Gasteiger partial charge >= 0.3 is 0 Å². The number of ether oxygens (including phenoxy) is 1. The second-order valence-corrected chi connectivity index (χ2v) is 6.90. The number of carbonyl (C=O) groups excluding carboxylic acids is 1. The summed E-state index contributed by atoms with van der Waals surface area (Å²) < 4.78 is 21.3. The number of amides is 1. The lowest BCUT2D eigenvalue weighted by molar-refractivity contribution is 0.0948. The van der Waals surface area contributed by atoms with E-state index in [2.05, 4.69) is 5.32 Å². The Kier molecular flexibility index (Phi) is 4.36. The molecule has 0 fully saturated rings. The van der Waals surface area contributed by atoms with Gasteiger partial charge < -0.3 is 14.6 Å². The zero-order chi connectivity index (χ0) is 19.1. The maximum absolute atomic E-state index is 13.7. The van der Waals surface area contributed by atoms with Gasteiger partial charge in [-0.05, 0) is 25.1 Å². The smallest absolute Gasteiger partial charge is 0.257 e. The molecule has 5 nitrogen and oxygen atoms in total. The molecule has 0 saturated carbocycles. The molecule has 1 N–H and O–H groups in total. The van der Waals surface area contributed by atoms with Gasteiger partial charge in [0.1, 0.15) is 23.2 Å². The lowest BCUT2D eigenvalue weighted by Crippen LogP contribution is -2.32. The van der Waals surface area contributed by atoms with E-state index in [0.717, 1.165) is 0 Å². The van der Waals surface area contributed by atoms with Crippen LogP contribution in [0.25, 0.3) is 10.9 Å². The molecule has 0 saturated heterocycles. The summed E-state index contributed by atoms with van der Waals surface area (Å²) in [6.45, 7) is 2.37. The number of benzene rings is 2. The predicted molar refractivity (Wildman–Crippen MR) is 101 cm³/mol. The number of hydrogen-bond donors (Lipinski definition) is 1. The highest BCUT2D eigenvalue weighted by Crippen LogP contribution is 2.33. The largest absolute Gasteiger partial charge is 0.487 e. The van der Waals surface area contributed by atoms with Crippen LogP contribution in [0.4, 0.5) is 4.39 Å². The minimum absolute atomic E-state index is 0.0176. The number of aromatic nitrogens is 1. The highest BCUT2D eigenvalue weighted by Gasteiger charge is 2.24. The number of pyridine rings is 1. The molecule has 7 heteroatoms. The van der Waals surface area contributed by atoms with Crippen LogP contribution in [0.5, 0.6) is 5.75 Å². The highest BCUT2D eigenvalue weighted by molar-refractivity contribution is 6.35. The Hall–Kier alpha value is -2.86. The summed E-state index contributed by atoms with van der Waals surface area (Å²) in [5.74, 6) is -0.431. The lowest BCUT2D eigenvalue weighted by atomic mass is 10.1. The zero-order valence-corrected chi connectivity index (χ0v) is 15.2. The van der Waals surface area contributed by atoms with E-state index >= 15 is 0 Å². The molecule has 1 amide bonds. The average Bonchev–Trinajstić information content (AvgIpc) is 2.64. The number of rotatable bonds is 3. The molecule has 4 rings (SSSR count). The van der Waals surface area contributed by atoms with Gasteiger partial charge in [-0.15, -0.1) is 0 Å². The van der Waals surface area contributed by atoms with Crippen molar-refractivity contribution in [3.05, 3.63) is 74.8 Å². The molecule has 138 valence electrons. The fourth-order valence-corrected chi connectivity index (χ4v) is 3.54.